The number of hydrogen-bond acceptors (Lipinski definition) is 5. The minimum Gasteiger partial charge on any atom is -0.491 e. The van der Waals surface area contributed by atoms with Gasteiger partial charge in [0.05, 0.1) is 11.0 Å². The number of carbonyl (C=O) groups is 1. The number of nitro groups is 1. The van der Waals surface area contributed by atoms with Crippen molar-refractivity contribution in [2.24, 2.45) is 0 Å². The summed E-state index contributed by atoms with van der Waals surface area (Å²) in [5.41, 5.74) is 0.578. The van der Waals surface area contributed by atoms with E-state index in [9.17, 15) is 14.9 Å². The maximum atomic E-state index is 12.6. The Bertz CT molecular complexity index is 839. The lowest BCUT2D eigenvalue weighted by Crippen LogP contribution is -2.64. The first-order chi connectivity index (χ1) is 12.1. The van der Waals surface area contributed by atoms with Crippen LogP contribution in [0.4, 0.5) is 5.69 Å². The van der Waals surface area contributed by atoms with E-state index in [1.54, 1.807) is 23.1 Å². The van der Waals surface area contributed by atoms with E-state index in [0.29, 0.717) is 23.7 Å². The van der Waals surface area contributed by atoms with E-state index >= 15 is 0 Å². The molecule has 128 valence electrons. The fourth-order valence-corrected chi connectivity index (χ4v) is 3.35. The van der Waals surface area contributed by atoms with Crippen molar-refractivity contribution in [1.82, 2.24) is 4.90 Å². The molecule has 2 aromatic rings. The van der Waals surface area contributed by atoms with Crippen molar-refractivity contribution < 1.29 is 19.2 Å². The van der Waals surface area contributed by atoms with Gasteiger partial charge in [0.2, 0.25) is 6.10 Å². The average Bonchev–Trinajstić information content (AvgIpc) is 2.74. The normalized spacial score (nSPS) is 24.3. The molecule has 0 saturated carbocycles. The van der Waals surface area contributed by atoms with Crippen LogP contribution in [0.15, 0.2) is 48.5 Å². The predicted octanol–water partition coefficient (Wildman–Crippen LogP) is 2.71. The van der Waals surface area contributed by atoms with Crippen molar-refractivity contribution in [3.8, 4) is 11.5 Å². The quantitative estimate of drug-likeness (QED) is 0.487. The number of nitro benzene ring substituents is 1. The second kappa shape index (κ2) is 5.77. The zero-order chi connectivity index (χ0) is 17.6. The molecule has 4 rings (SSSR count). The number of para-hydroxylation sites is 1. The molecule has 0 spiro atoms. The minimum atomic E-state index is -0.715. The number of rotatable bonds is 3. The highest BCUT2D eigenvalue weighted by molar-refractivity contribution is 5.90. The second-order valence-electron chi connectivity index (χ2n) is 6.18. The lowest BCUT2D eigenvalue weighted by Gasteiger charge is -2.48. The molecule has 1 saturated heterocycles. The highest BCUT2D eigenvalue weighted by atomic mass is 16.6. The van der Waals surface area contributed by atoms with Crippen LogP contribution in [0.1, 0.15) is 18.5 Å². The zero-order valence-electron chi connectivity index (χ0n) is 13.5. The third kappa shape index (κ3) is 2.48. The van der Waals surface area contributed by atoms with E-state index in [0.717, 1.165) is 0 Å². The standard InChI is InChI=1S/C18H16N2O5/c1-11-10-24-15-8-7-12(20(22)23)9-14(15)16-17(18(21)19(11)16)25-13-5-3-2-4-6-13/h2-9,11,16-17H,10H2,1H3/t11-,16+,17+/m0/s1. The fourth-order valence-electron chi connectivity index (χ4n) is 3.35. The van der Waals surface area contributed by atoms with Gasteiger partial charge in [-0.1, -0.05) is 18.2 Å². The molecule has 2 aliphatic heterocycles. The van der Waals surface area contributed by atoms with E-state index in [2.05, 4.69) is 0 Å². The molecule has 3 atom stereocenters. The molecule has 1 fully saturated rings. The number of hydrogen-bond donors (Lipinski definition) is 0. The Kier molecular flexibility index (Phi) is 3.56. The number of nitrogens with zero attached hydrogens (tertiary/aromatic N) is 2. The van der Waals surface area contributed by atoms with Crippen molar-refractivity contribution in [2.45, 2.75) is 25.1 Å². The van der Waals surface area contributed by atoms with Crippen LogP contribution < -0.4 is 9.47 Å². The van der Waals surface area contributed by atoms with Crippen molar-refractivity contribution in [3.63, 3.8) is 0 Å². The molecule has 0 N–H and O–H groups in total. The predicted molar refractivity (Wildman–Crippen MR) is 88.5 cm³/mol. The lowest BCUT2D eigenvalue weighted by atomic mass is 9.88. The number of fused-ring (bicyclic) bond motifs is 3. The zero-order valence-corrected chi connectivity index (χ0v) is 13.5. The molecule has 1 amide bonds. The summed E-state index contributed by atoms with van der Waals surface area (Å²) in [6.45, 7) is 2.23. The van der Waals surface area contributed by atoms with E-state index in [1.807, 2.05) is 25.1 Å². The Morgan fingerprint density at radius 1 is 1.24 bits per heavy atom. The first-order valence-electron chi connectivity index (χ1n) is 8.01. The topological polar surface area (TPSA) is 81.9 Å². The van der Waals surface area contributed by atoms with Gasteiger partial charge in [-0.2, -0.15) is 0 Å². The highest BCUT2D eigenvalue weighted by Gasteiger charge is 2.54. The first kappa shape index (κ1) is 15.4. The van der Waals surface area contributed by atoms with Crippen molar-refractivity contribution in [3.05, 3.63) is 64.2 Å². The van der Waals surface area contributed by atoms with Crippen LogP contribution in [0, 0.1) is 10.1 Å². The molecule has 0 unspecified atom stereocenters. The Morgan fingerprint density at radius 3 is 2.72 bits per heavy atom. The van der Waals surface area contributed by atoms with E-state index in [1.165, 1.54) is 12.1 Å². The molecule has 7 nitrogen and oxygen atoms in total. The van der Waals surface area contributed by atoms with Crippen molar-refractivity contribution >= 4 is 11.6 Å². The maximum absolute atomic E-state index is 12.6. The fraction of sp³-hybridized carbons (Fsp3) is 0.278. The van der Waals surface area contributed by atoms with Gasteiger partial charge < -0.3 is 14.4 Å². The Balaban J connectivity index is 1.74. The van der Waals surface area contributed by atoms with Gasteiger partial charge in [-0.05, 0) is 25.1 Å². The van der Waals surface area contributed by atoms with Crippen LogP contribution >= 0.6 is 0 Å². The van der Waals surface area contributed by atoms with Gasteiger partial charge in [0.1, 0.15) is 24.1 Å². The van der Waals surface area contributed by atoms with Crippen molar-refractivity contribution in [1.29, 1.82) is 0 Å². The number of benzene rings is 2. The SMILES string of the molecule is C[C@H]1COc2ccc([N+](=O)[O-])cc2[C@@H]2[C@@H](Oc3ccccc3)C(=O)N21. The molecule has 0 aliphatic carbocycles. The molecule has 7 heteroatoms. The number of non-ortho nitro benzene ring substituents is 1. The van der Waals surface area contributed by atoms with E-state index in [4.69, 9.17) is 9.47 Å². The van der Waals surface area contributed by atoms with Gasteiger partial charge in [-0.15, -0.1) is 0 Å². The lowest BCUT2D eigenvalue weighted by molar-refractivity contribution is -0.385. The van der Waals surface area contributed by atoms with Crippen LogP contribution in [0.3, 0.4) is 0 Å². The van der Waals surface area contributed by atoms with Crippen LogP contribution in [-0.2, 0) is 4.79 Å². The van der Waals surface area contributed by atoms with Gasteiger partial charge in [-0.3, -0.25) is 14.9 Å². The Morgan fingerprint density at radius 2 is 2.00 bits per heavy atom. The maximum Gasteiger partial charge on any atom is 0.270 e. The molecular weight excluding hydrogens is 324 g/mol. The molecule has 25 heavy (non-hydrogen) atoms. The van der Waals surface area contributed by atoms with Crippen molar-refractivity contribution in [2.75, 3.05) is 6.61 Å². The van der Waals surface area contributed by atoms with E-state index < -0.39 is 17.1 Å². The molecule has 0 aromatic heterocycles. The Labute approximate surface area is 143 Å². The number of ether oxygens (including phenoxy) is 2. The van der Waals surface area contributed by atoms with Gasteiger partial charge >= 0.3 is 0 Å². The van der Waals surface area contributed by atoms with Gasteiger partial charge in [0.25, 0.3) is 11.6 Å². The van der Waals surface area contributed by atoms with Gasteiger partial charge in [0.15, 0.2) is 0 Å². The average molecular weight is 340 g/mol. The summed E-state index contributed by atoms with van der Waals surface area (Å²) in [4.78, 5) is 25.0. The molecule has 0 bridgehead atoms. The third-order valence-electron chi connectivity index (χ3n) is 4.57. The second-order valence-corrected chi connectivity index (χ2v) is 6.18. The molecular formula is C18H16N2O5. The Hall–Kier alpha value is -3.09. The first-order valence-corrected chi connectivity index (χ1v) is 8.01. The molecule has 2 aromatic carbocycles. The van der Waals surface area contributed by atoms with Gasteiger partial charge in [-0.25, -0.2) is 0 Å². The number of β-lactam (4-membered cyclic amide) rings is 1. The molecule has 2 heterocycles. The summed E-state index contributed by atoms with van der Waals surface area (Å²) in [6.07, 6.45) is -0.715. The summed E-state index contributed by atoms with van der Waals surface area (Å²) >= 11 is 0. The smallest absolute Gasteiger partial charge is 0.270 e. The van der Waals surface area contributed by atoms with Gasteiger partial charge in [0, 0.05) is 17.7 Å². The summed E-state index contributed by atoms with van der Waals surface area (Å²) < 4.78 is 11.6. The summed E-state index contributed by atoms with van der Waals surface area (Å²) in [5.74, 6) is 1.01. The largest absolute Gasteiger partial charge is 0.491 e. The summed E-state index contributed by atoms with van der Waals surface area (Å²) in [7, 11) is 0. The summed E-state index contributed by atoms with van der Waals surface area (Å²) in [6, 6.07) is 13.0. The minimum absolute atomic E-state index is 0.0327. The van der Waals surface area contributed by atoms with Crippen LogP contribution in [-0.4, -0.2) is 34.5 Å². The third-order valence-corrected chi connectivity index (χ3v) is 4.57. The van der Waals surface area contributed by atoms with Crippen LogP contribution in [0.25, 0.3) is 0 Å². The monoisotopic (exact) mass is 340 g/mol. The van der Waals surface area contributed by atoms with Crippen LogP contribution in [0.2, 0.25) is 0 Å². The number of amides is 1. The van der Waals surface area contributed by atoms with E-state index in [-0.39, 0.29) is 17.6 Å². The number of carbonyl (C=O) groups excluding carboxylic acids is 1. The summed E-state index contributed by atoms with van der Waals surface area (Å²) in [5, 5.41) is 11.1. The molecule has 0 radical (unpaired) electrons. The molecule has 2 aliphatic rings. The highest BCUT2D eigenvalue weighted by Crippen LogP contribution is 2.45. The van der Waals surface area contributed by atoms with Crippen LogP contribution in [0.5, 0.6) is 11.5 Å².